The van der Waals surface area contributed by atoms with Gasteiger partial charge in [-0.3, -0.25) is 34.6 Å². The molecule has 1 aliphatic rings. The number of hydroxylamine groups is 2. The number of carbonyl (C=O) groups excluding carboxylic acids is 4. The van der Waals surface area contributed by atoms with Crippen molar-refractivity contribution in [3.63, 3.8) is 0 Å². The largest absolute Gasteiger partial charge is 0.335 e. The van der Waals surface area contributed by atoms with Crippen LogP contribution >= 0.6 is 0 Å². The molecule has 2 aromatic carbocycles. The Morgan fingerprint density at radius 2 is 1.55 bits per heavy atom. The topological polar surface area (TPSA) is 193 Å². The van der Waals surface area contributed by atoms with Crippen LogP contribution in [0.25, 0.3) is 0 Å². The number of ketones is 1. The summed E-state index contributed by atoms with van der Waals surface area (Å²) < 4.78 is 0. The van der Waals surface area contributed by atoms with E-state index in [9.17, 15) is 39.4 Å². The van der Waals surface area contributed by atoms with E-state index in [0.29, 0.717) is 10.6 Å². The second-order valence-electron chi connectivity index (χ2n) is 7.06. The summed E-state index contributed by atoms with van der Waals surface area (Å²) in [6, 6.07) is 7.28. The van der Waals surface area contributed by atoms with Crippen molar-refractivity contribution < 1.29 is 33.9 Å². The number of nitrogens with two attached hydrogens (primary N) is 1. The van der Waals surface area contributed by atoms with Crippen molar-refractivity contribution in [2.75, 3.05) is 0 Å². The summed E-state index contributed by atoms with van der Waals surface area (Å²) in [5.74, 6) is -2.94. The monoisotopic (exact) mass is 456 g/mol. The maximum atomic E-state index is 12.8. The van der Waals surface area contributed by atoms with Crippen LogP contribution in [-0.2, 0) is 19.2 Å². The molecule has 1 aliphatic heterocycles. The second kappa shape index (κ2) is 9.32. The van der Waals surface area contributed by atoms with Crippen LogP contribution in [0.1, 0.15) is 46.8 Å². The molecule has 1 atom stereocenters. The molecular weight excluding hydrogens is 440 g/mol. The third-order valence-corrected chi connectivity index (χ3v) is 4.75. The van der Waals surface area contributed by atoms with Gasteiger partial charge in [0.15, 0.2) is 5.78 Å². The number of imide groups is 1. The second-order valence-corrected chi connectivity index (χ2v) is 7.06. The highest BCUT2D eigenvalue weighted by molar-refractivity contribution is 6.09. The average Bonchev–Trinajstić information content (AvgIpc) is 3.10. The Morgan fingerprint density at radius 1 is 0.970 bits per heavy atom. The molecule has 2 amide bonds. The number of nitro benzene ring substituents is 2. The van der Waals surface area contributed by atoms with Gasteiger partial charge in [0.05, 0.1) is 22.3 Å². The first kappa shape index (κ1) is 23.1. The number of amides is 2. The van der Waals surface area contributed by atoms with Gasteiger partial charge in [-0.05, 0) is 11.6 Å². The van der Waals surface area contributed by atoms with Gasteiger partial charge in [0.2, 0.25) is 0 Å². The van der Waals surface area contributed by atoms with E-state index in [1.165, 1.54) is 24.3 Å². The lowest BCUT2D eigenvalue weighted by molar-refractivity contribution is -0.394. The van der Waals surface area contributed by atoms with Gasteiger partial charge in [0.25, 0.3) is 23.2 Å². The Labute approximate surface area is 185 Å². The van der Waals surface area contributed by atoms with Crippen molar-refractivity contribution in [2.45, 2.75) is 25.3 Å². The van der Waals surface area contributed by atoms with Crippen molar-refractivity contribution in [3.8, 4) is 0 Å². The fourth-order valence-corrected chi connectivity index (χ4v) is 3.11. The third-order valence-electron chi connectivity index (χ3n) is 4.75. The van der Waals surface area contributed by atoms with Crippen LogP contribution in [0.5, 0.6) is 0 Å². The zero-order valence-electron chi connectivity index (χ0n) is 16.8. The maximum absolute atomic E-state index is 12.8. The number of nitrogens with zero attached hydrogens (tertiary/aromatic N) is 3. The van der Waals surface area contributed by atoms with E-state index in [4.69, 9.17) is 10.6 Å². The minimum atomic E-state index is -0.975. The number of rotatable bonds is 8. The molecule has 3 rings (SSSR count). The van der Waals surface area contributed by atoms with Crippen LogP contribution in [0.2, 0.25) is 0 Å². The minimum absolute atomic E-state index is 0.0241. The summed E-state index contributed by atoms with van der Waals surface area (Å²) >= 11 is 0. The van der Waals surface area contributed by atoms with Crippen molar-refractivity contribution in [1.29, 1.82) is 0 Å². The average molecular weight is 456 g/mol. The summed E-state index contributed by atoms with van der Waals surface area (Å²) in [4.78, 5) is 73.2. The first-order valence-corrected chi connectivity index (χ1v) is 9.47. The number of benzene rings is 2. The van der Waals surface area contributed by atoms with Gasteiger partial charge in [0.1, 0.15) is 0 Å². The van der Waals surface area contributed by atoms with E-state index in [0.717, 1.165) is 18.2 Å². The molecule has 0 spiro atoms. The van der Waals surface area contributed by atoms with E-state index < -0.39 is 57.3 Å². The summed E-state index contributed by atoms with van der Waals surface area (Å²) in [6.45, 7) is 0. The highest BCUT2D eigenvalue weighted by atomic mass is 16.7. The minimum Gasteiger partial charge on any atom is -0.330 e. The maximum Gasteiger partial charge on any atom is 0.335 e. The molecule has 0 bridgehead atoms. The molecule has 1 heterocycles. The molecular formula is C20H16N4O9. The van der Waals surface area contributed by atoms with Crippen LogP contribution in [0, 0.1) is 20.2 Å². The van der Waals surface area contributed by atoms with Gasteiger partial charge in [0, 0.05) is 42.1 Å². The van der Waals surface area contributed by atoms with E-state index in [-0.39, 0.29) is 24.0 Å². The molecule has 0 aliphatic carbocycles. The van der Waals surface area contributed by atoms with E-state index >= 15 is 0 Å². The zero-order valence-corrected chi connectivity index (χ0v) is 16.8. The normalized spacial score (nSPS) is 14.2. The van der Waals surface area contributed by atoms with Gasteiger partial charge in [-0.1, -0.05) is 18.2 Å². The van der Waals surface area contributed by atoms with Crippen molar-refractivity contribution in [3.05, 3.63) is 79.4 Å². The van der Waals surface area contributed by atoms with Gasteiger partial charge in [-0.15, -0.1) is 5.06 Å². The lowest BCUT2D eigenvalue weighted by atomic mass is 9.97. The first-order valence-electron chi connectivity index (χ1n) is 9.47. The molecule has 170 valence electrons. The van der Waals surface area contributed by atoms with Gasteiger partial charge in [-0.25, -0.2) is 4.79 Å². The molecule has 2 N–H and O–H groups in total. The van der Waals surface area contributed by atoms with Crippen LogP contribution in [0.4, 0.5) is 11.4 Å². The molecule has 0 unspecified atom stereocenters. The van der Waals surface area contributed by atoms with Crippen molar-refractivity contribution in [1.82, 2.24) is 5.06 Å². The Morgan fingerprint density at radius 3 is 2.09 bits per heavy atom. The third kappa shape index (κ3) is 5.22. The molecule has 13 heteroatoms. The molecule has 0 radical (unpaired) electrons. The standard InChI is InChI=1S/C20H16N4O9/c21-16(10-19(27)33-22-17(25)4-5-18(22)26)11-2-1-3-12(6-11)20(28)13-7-14(23(29)30)9-15(8-13)24(31)32/h1-3,6-9,16H,4-5,10,21H2/t16-/m0/s1. The molecule has 1 saturated heterocycles. The molecule has 0 aromatic heterocycles. The Hall–Kier alpha value is -4.52. The number of non-ortho nitro benzene ring substituents is 2. The number of hydrogen-bond donors (Lipinski definition) is 1. The smallest absolute Gasteiger partial charge is 0.330 e. The molecule has 2 aromatic rings. The van der Waals surface area contributed by atoms with Crippen molar-refractivity contribution >= 4 is 34.9 Å². The molecule has 0 saturated carbocycles. The Balaban J connectivity index is 1.79. The lowest BCUT2D eigenvalue weighted by Crippen LogP contribution is -2.33. The summed E-state index contributed by atoms with van der Waals surface area (Å²) in [7, 11) is 0. The van der Waals surface area contributed by atoms with E-state index in [1.54, 1.807) is 0 Å². The highest BCUT2D eigenvalue weighted by Crippen LogP contribution is 2.26. The molecule has 13 nitrogen and oxygen atoms in total. The highest BCUT2D eigenvalue weighted by Gasteiger charge is 2.33. The Bertz CT molecular complexity index is 1150. The number of carbonyl (C=O) groups is 4. The quantitative estimate of drug-likeness (QED) is 0.264. The van der Waals surface area contributed by atoms with Crippen LogP contribution in [-0.4, -0.2) is 38.5 Å². The Kier molecular flexibility index (Phi) is 6.53. The fraction of sp³-hybridized carbons (Fsp3) is 0.200. The summed E-state index contributed by atoms with van der Waals surface area (Å²) in [6.07, 6.45) is -0.534. The van der Waals surface area contributed by atoms with Crippen LogP contribution in [0.3, 0.4) is 0 Å². The van der Waals surface area contributed by atoms with Gasteiger partial charge < -0.3 is 10.6 Å². The summed E-state index contributed by atoms with van der Waals surface area (Å²) in [5.41, 5.74) is 4.83. The van der Waals surface area contributed by atoms with Gasteiger partial charge >= 0.3 is 5.97 Å². The SMILES string of the molecule is N[C@@H](CC(=O)ON1C(=O)CCC1=O)c1cccc(C(=O)c2cc([N+](=O)[O-])cc([N+](=O)[O-])c2)c1. The van der Waals surface area contributed by atoms with Crippen LogP contribution < -0.4 is 5.73 Å². The predicted molar refractivity (Wildman–Crippen MR) is 108 cm³/mol. The fourth-order valence-electron chi connectivity index (χ4n) is 3.11. The van der Waals surface area contributed by atoms with Crippen molar-refractivity contribution in [2.24, 2.45) is 5.73 Å². The number of nitro groups is 2. The van der Waals surface area contributed by atoms with E-state index in [1.807, 2.05) is 0 Å². The van der Waals surface area contributed by atoms with Gasteiger partial charge in [-0.2, -0.15) is 0 Å². The zero-order chi connectivity index (χ0) is 24.3. The van der Waals surface area contributed by atoms with Crippen LogP contribution in [0.15, 0.2) is 42.5 Å². The predicted octanol–water partition coefficient (Wildman–Crippen LogP) is 1.73. The lowest BCUT2D eigenvalue weighted by Gasteiger charge is -2.16. The molecule has 33 heavy (non-hydrogen) atoms. The first-order chi connectivity index (χ1) is 15.6. The number of hydrogen-bond acceptors (Lipinski definition) is 10. The van der Waals surface area contributed by atoms with E-state index in [2.05, 4.69) is 0 Å². The summed E-state index contributed by atoms with van der Waals surface area (Å²) in [5, 5.41) is 22.5. The molecule has 1 fully saturated rings.